The predicted octanol–water partition coefficient (Wildman–Crippen LogP) is 1.79. The minimum Gasteiger partial charge on any atom is -0.379 e. The van der Waals surface area contributed by atoms with Crippen LogP contribution in [0.2, 0.25) is 0 Å². The van der Waals surface area contributed by atoms with E-state index in [1.807, 2.05) is 13.0 Å². The highest BCUT2D eigenvalue weighted by molar-refractivity contribution is 8.13. The molecule has 1 aliphatic rings. The van der Waals surface area contributed by atoms with Gasteiger partial charge in [0.25, 0.3) is 5.91 Å². The van der Waals surface area contributed by atoms with Crippen LogP contribution in [0.1, 0.15) is 29.4 Å². The second-order valence-electron chi connectivity index (χ2n) is 5.33. The Labute approximate surface area is 137 Å². The number of anilines is 1. The SMILES string of the molecule is CC1(c2cncc(NC(=O)c3cnccn3)c2)CCSC(N)=N1. The van der Waals surface area contributed by atoms with E-state index in [-0.39, 0.29) is 11.6 Å². The van der Waals surface area contributed by atoms with Crippen LogP contribution in [0, 0.1) is 0 Å². The summed E-state index contributed by atoms with van der Waals surface area (Å²) in [7, 11) is 0. The van der Waals surface area contributed by atoms with Crippen LogP contribution in [0.3, 0.4) is 0 Å². The number of rotatable bonds is 3. The van der Waals surface area contributed by atoms with Gasteiger partial charge >= 0.3 is 0 Å². The molecule has 1 aliphatic heterocycles. The first-order valence-electron chi connectivity index (χ1n) is 7.08. The van der Waals surface area contributed by atoms with Crippen LogP contribution in [-0.2, 0) is 5.54 Å². The van der Waals surface area contributed by atoms with Crippen LogP contribution >= 0.6 is 11.8 Å². The lowest BCUT2D eigenvalue weighted by Crippen LogP contribution is -2.29. The molecule has 0 saturated carbocycles. The van der Waals surface area contributed by atoms with Crippen LogP contribution in [0.5, 0.6) is 0 Å². The molecule has 1 amide bonds. The molecular formula is C15H16N6OS. The molecule has 1 unspecified atom stereocenters. The van der Waals surface area contributed by atoms with Crippen LogP contribution in [0.25, 0.3) is 0 Å². The number of nitrogens with one attached hydrogen (secondary N) is 1. The number of carbonyl (C=O) groups excluding carboxylic acids is 1. The summed E-state index contributed by atoms with van der Waals surface area (Å²) in [4.78, 5) is 28.8. The Hall–Kier alpha value is -2.48. The molecule has 2 aromatic rings. The van der Waals surface area contributed by atoms with E-state index in [1.165, 1.54) is 18.6 Å². The lowest BCUT2D eigenvalue weighted by molar-refractivity contribution is 0.102. The summed E-state index contributed by atoms with van der Waals surface area (Å²) in [6, 6.07) is 1.87. The van der Waals surface area contributed by atoms with Crippen molar-refractivity contribution in [1.29, 1.82) is 0 Å². The molecular weight excluding hydrogens is 312 g/mol. The average molecular weight is 328 g/mol. The van der Waals surface area contributed by atoms with E-state index in [1.54, 1.807) is 24.2 Å². The number of aromatic nitrogens is 3. The predicted molar refractivity (Wildman–Crippen MR) is 90.3 cm³/mol. The van der Waals surface area contributed by atoms with Crippen LogP contribution in [0.4, 0.5) is 5.69 Å². The zero-order chi connectivity index (χ0) is 16.3. The Morgan fingerprint density at radius 1 is 1.30 bits per heavy atom. The maximum Gasteiger partial charge on any atom is 0.275 e. The zero-order valence-corrected chi connectivity index (χ0v) is 13.4. The molecule has 7 nitrogen and oxygen atoms in total. The Kier molecular flexibility index (Phi) is 4.24. The second-order valence-corrected chi connectivity index (χ2v) is 6.44. The molecule has 0 aromatic carbocycles. The van der Waals surface area contributed by atoms with Crippen LogP contribution in [0.15, 0.2) is 42.0 Å². The number of amidine groups is 1. The fourth-order valence-corrected chi connectivity index (χ4v) is 3.28. The number of hydrogen-bond acceptors (Lipinski definition) is 7. The summed E-state index contributed by atoms with van der Waals surface area (Å²) >= 11 is 1.55. The van der Waals surface area contributed by atoms with E-state index in [0.717, 1.165) is 17.7 Å². The van der Waals surface area contributed by atoms with Crippen LogP contribution < -0.4 is 11.1 Å². The van der Waals surface area contributed by atoms with Crippen LogP contribution in [-0.4, -0.2) is 31.8 Å². The smallest absolute Gasteiger partial charge is 0.275 e. The van der Waals surface area contributed by atoms with Crippen molar-refractivity contribution in [3.63, 3.8) is 0 Å². The van der Waals surface area contributed by atoms with Crippen molar-refractivity contribution in [2.45, 2.75) is 18.9 Å². The lowest BCUT2D eigenvalue weighted by atomic mass is 9.91. The molecule has 0 bridgehead atoms. The zero-order valence-electron chi connectivity index (χ0n) is 12.6. The number of thioether (sulfide) groups is 1. The van der Waals surface area contributed by atoms with E-state index in [9.17, 15) is 4.79 Å². The molecule has 0 fully saturated rings. The Balaban J connectivity index is 1.83. The second kappa shape index (κ2) is 6.33. The number of hydrogen-bond donors (Lipinski definition) is 2. The molecule has 2 aromatic heterocycles. The molecule has 118 valence electrons. The monoisotopic (exact) mass is 328 g/mol. The van der Waals surface area contributed by atoms with Crippen molar-refractivity contribution in [1.82, 2.24) is 15.0 Å². The summed E-state index contributed by atoms with van der Waals surface area (Å²) in [6.07, 6.45) is 8.61. The third kappa shape index (κ3) is 3.48. The molecule has 0 spiro atoms. The molecule has 0 aliphatic carbocycles. The fraction of sp³-hybridized carbons (Fsp3) is 0.267. The Morgan fingerprint density at radius 3 is 2.91 bits per heavy atom. The summed E-state index contributed by atoms with van der Waals surface area (Å²) in [6.45, 7) is 2.02. The number of carbonyl (C=O) groups is 1. The van der Waals surface area contributed by atoms with Gasteiger partial charge in [-0.25, -0.2) is 4.98 Å². The van der Waals surface area contributed by atoms with Crippen molar-refractivity contribution < 1.29 is 4.79 Å². The summed E-state index contributed by atoms with van der Waals surface area (Å²) in [5.41, 5.74) is 7.18. The van der Waals surface area contributed by atoms with Crippen molar-refractivity contribution in [3.8, 4) is 0 Å². The van der Waals surface area contributed by atoms with E-state index >= 15 is 0 Å². The number of nitrogens with two attached hydrogens (primary N) is 1. The van der Waals surface area contributed by atoms with Gasteiger partial charge in [-0.1, -0.05) is 11.8 Å². The number of pyridine rings is 1. The third-order valence-electron chi connectivity index (χ3n) is 3.61. The Morgan fingerprint density at radius 2 is 2.17 bits per heavy atom. The van der Waals surface area contributed by atoms with Gasteiger partial charge in [0.1, 0.15) is 5.69 Å². The summed E-state index contributed by atoms with van der Waals surface area (Å²) in [5, 5.41) is 3.35. The van der Waals surface area contributed by atoms with Gasteiger partial charge in [0, 0.05) is 24.3 Å². The normalized spacial score (nSPS) is 20.7. The molecule has 23 heavy (non-hydrogen) atoms. The largest absolute Gasteiger partial charge is 0.379 e. The minimum absolute atomic E-state index is 0.250. The molecule has 3 rings (SSSR count). The van der Waals surface area contributed by atoms with E-state index in [0.29, 0.717) is 10.9 Å². The van der Waals surface area contributed by atoms with E-state index < -0.39 is 5.54 Å². The molecule has 3 N–H and O–H groups in total. The topological polar surface area (TPSA) is 106 Å². The highest BCUT2D eigenvalue weighted by atomic mass is 32.2. The first-order valence-corrected chi connectivity index (χ1v) is 8.06. The summed E-state index contributed by atoms with van der Waals surface area (Å²) in [5.74, 6) is 0.576. The highest BCUT2D eigenvalue weighted by Gasteiger charge is 2.30. The molecule has 8 heteroatoms. The fourth-order valence-electron chi connectivity index (χ4n) is 2.31. The number of aliphatic imine (C=N–C) groups is 1. The van der Waals surface area contributed by atoms with Gasteiger partial charge < -0.3 is 11.1 Å². The van der Waals surface area contributed by atoms with Gasteiger partial charge in [-0.15, -0.1) is 0 Å². The van der Waals surface area contributed by atoms with Gasteiger partial charge in [0.05, 0.1) is 23.6 Å². The average Bonchev–Trinajstić information content (AvgIpc) is 2.56. The maximum atomic E-state index is 12.1. The molecule has 0 saturated heterocycles. The van der Waals surface area contributed by atoms with E-state index in [4.69, 9.17) is 5.73 Å². The van der Waals surface area contributed by atoms with Crippen molar-refractivity contribution in [2.24, 2.45) is 10.7 Å². The maximum absolute atomic E-state index is 12.1. The van der Waals surface area contributed by atoms with Crippen molar-refractivity contribution in [3.05, 3.63) is 48.3 Å². The standard InChI is InChI=1S/C15H16N6OS/c1-15(2-5-23-14(16)21-15)10-6-11(8-18-7-10)20-13(22)12-9-17-3-4-19-12/h3-4,6-9H,2,5H2,1H3,(H2,16,21)(H,20,22). The molecule has 1 atom stereocenters. The van der Waals surface area contributed by atoms with Gasteiger partial charge in [0.2, 0.25) is 0 Å². The first-order chi connectivity index (χ1) is 11.1. The van der Waals surface area contributed by atoms with Gasteiger partial charge in [-0.2, -0.15) is 0 Å². The highest BCUT2D eigenvalue weighted by Crippen LogP contribution is 2.35. The van der Waals surface area contributed by atoms with Gasteiger partial charge in [-0.3, -0.25) is 19.8 Å². The Bertz CT molecular complexity index is 751. The van der Waals surface area contributed by atoms with E-state index in [2.05, 4.69) is 25.3 Å². The van der Waals surface area contributed by atoms with Gasteiger partial charge in [-0.05, 0) is 25.0 Å². The summed E-state index contributed by atoms with van der Waals surface area (Å²) < 4.78 is 0. The quantitative estimate of drug-likeness (QED) is 0.889. The number of nitrogens with zero attached hydrogens (tertiary/aromatic N) is 4. The molecule has 3 heterocycles. The first kappa shape index (κ1) is 15.4. The van der Waals surface area contributed by atoms with Crippen molar-refractivity contribution in [2.75, 3.05) is 11.1 Å². The van der Waals surface area contributed by atoms with Crippen molar-refractivity contribution >= 4 is 28.5 Å². The number of amides is 1. The lowest BCUT2D eigenvalue weighted by Gasteiger charge is -2.29. The minimum atomic E-state index is -0.421. The molecule has 0 radical (unpaired) electrons. The van der Waals surface area contributed by atoms with Gasteiger partial charge in [0.15, 0.2) is 5.17 Å². The third-order valence-corrected chi connectivity index (χ3v) is 4.40.